The van der Waals surface area contributed by atoms with Crippen LogP contribution in [-0.2, 0) is 14.8 Å². The Balaban J connectivity index is 2.22. The first kappa shape index (κ1) is 15.7. The van der Waals surface area contributed by atoms with E-state index in [9.17, 15) is 13.2 Å². The van der Waals surface area contributed by atoms with Crippen molar-refractivity contribution in [2.75, 3.05) is 13.6 Å². The van der Waals surface area contributed by atoms with Crippen LogP contribution < -0.4 is 11.1 Å². The maximum atomic E-state index is 12.4. The molecule has 21 heavy (non-hydrogen) atoms. The third-order valence-electron chi connectivity index (χ3n) is 3.40. The quantitative estimate of drug-likeness (QED) is 0.827. The van der Waals surface area contributed by atoms with Crippen LogP contribution in [0.1, 0.15) is 12.0 Å². The van der Waals surface area contributed by atoms with Gasteiger partial charge in [-0.25, -0.2) is 8.42 Å². The van der Waals surface area contributed by atoms with Crippen LogP contribution in [0.2, 0.25) is 0 Å². The van der Waals surface area contributed by atoms with Crippen LogP contribution in [-0.4, -0.2) is 44.3 Å². The summed E-state index contributed by atoms with van der Waals surface area (Å²) in [5.74, 6) is -0.334. The number of sulfonamides is 1. The molecule has 0 radical (unpaired) electrons. The molecule has 3 N–H and O–H groups in total. The van der Waals surface area contributed by atoms with E-state index < -0.39 is 16.1 Å². The van der Waals surface area contributed by atoms with Crippen LogP contribution in [0.25, 0.3) is 6.08 Å². The Kier molecular flexibility index (Phi) is 4.76. The smallest absolute Gasteiger partial charge is 0.238 e. The summed E-state index contributed by atoms with van der Waals surface area (Å²) in [6.45, 7) is 0.152. The van der Waals surface area contributed by atoms with Gasteiger partial charge in [0.2, 0.25) is 15.9 Å². The number of carbonyl (C=O) groups is 1. The highest BCUT2D eigenvalue weighted by Gasteiger charge is 2.40. The van der Waals surface area contributed by atoms with Gasteiger partial charge in [0.15, 0.2) is 0 Å². The van der Waals surface area contributed by atoms with E-state index in [2.05, 4.69) is 5.32 Å². The number of benzene rings is 1. The maximum absolute atomic E-state index is 12.4. The predicted molar refractivity (Wildman–Crippen MR) is 81.5 cm³/mol. The van der Waals surface area contributed by atoms with Crippen LogP contribution in [0.4, 0.5) is 0 Å². The van der Waals surface area contributed by atoms with Crippen LogP contribution >= 0.6 is 0 Å². The van der Waals surface area contributed by atoms with E-state index in [1.54, 1.807) is 12.1 Å². The molecule has 0 bridgehead atoms. The summed E-state index contributed by atoms with van der Waals surface area (Å²) < 4.78 is 25.9. The van der Waals surface area contributed by atoms with Crippen molar-refractivity contribution in [3.05, 3.63) is 41.3 Å². The minimum absolute atomic E-state index is 0.152. The highest BCUT2D eigenvalue weighted by atomic mass is 32.2. The number of nitrogens with zero attached hydrogens (tertiary/aromatic N) is 1. The number of nitrogens with two attached hydrogens (primary N) is 1. The fourth-order valence-electron chi connectivity index (χ4n) is 2.33. The lowest BCUT2D eigenvalue weighted by Crippen LogP contribution is -2.44. The van der Waals surface area contributed by atoms with Crippen molar-refractivity contribution in [1.82, 2.24) is 9.62 Å². The number of amides is 1. The Morgan fingerprint density at radius 2 is 2.05 bits per heavy atom. The molecule has 114 valence electrons. The Labute approximate surface area is 124 Å². The molecule has 2 rings (SSSR count). The van der Waals surface area contributed by atoms with Crippen molar-refractivity contribution in [2.45, 2.75) is 18.5 Å². The first-order valence-electron chi connectivity index (χ1n) is 6.66. The fourth-order valence-corrected chi connectivity index (χ4v) is 3.75. The zero-order valence-corrected chi connectivity index (χ0v) is 12.6. The van der Waals surface area contributed by atoms with Gasteiger partial charge in [-0.15, -0.1) is 0 Å². The van der Waals surface area contributed by atoms with Crippen molar-refractivity contribution in [3.63, 3.8) is 0 Å². The van der Waals surface area contributed by atoms with Gasteiger partial charge in [0.1, 0.15) is 6.04 Å². The third-order valence-corrected chi connectivity index (χ3v) is 4.93. The first-order valence-corrected chi connectivity index (χ1v) is 8.16. The minimum Gasteiger partial charge on any atom is -0.358 e. The van der Waals surface area contributed by atoms with Gasteiger partial charge in [0, 0.05) is 25.0 Å². The average molecular weight is 309 g/mol. The monoisotopic (exact) mass is 309 g/mol. The number of nitrogens with one attached hydrogen (secondary N) is 1. The molecule has 0 saturated carbocycles. The topological polar surface area (TPSA) is 92.5 Å². The Morgan fingerprint density at radius 1 is 1.38 bits per heavy atom. The molecular weight excluding hydrogens is 290 g/mol. The highest BCUT2D eigenvalue weighted by molar-refractivity contribution is 7.92. The SMILES string of the molecule is CNC(=O)[C@@H]1C[C@@H](N)CN1S(=O)(=O)C=Cc1ccccc1. The second kappa shape index (κ2) is 6.38. The van der Waals surface area contributed by atoms with E-state index in [0.29, 0.717) is 6.42 Å². The summed E-state index contributed by atoms with van der Waals surface area (Å²) >= 11 is 0. The van der Waals surface area contributed by atoms with Gasteiger partial charge in [-0.2, -0.15) is 4.31 Å². The minimum atomic E-state index is -3.68. The summed E-state index contributed by atoms with van der Waals surface area (Å²) in [4.78, 5) is 11.8. The van der Waals surface area contributed by atoms with Gasteiger partial charge in [-0.1, -0.05) is 30.3 Å². The van der Waals surface area contributed by atoms with Gasteiger partial charge >= 0.3 is 0 Å². The molecule has 1 aromatic carbocycles. The molecule has 1 amide bonds. The summed E-state index contributed by atoms with van der Waals surface area (Å²) in [6, 6.07) is 8.04. The molecule has 1 fully saturated rings. The number of carbonyl (C=O) groups excluding carboxylic acids is 1. The summed E-state index contributed by atoms with van der Waals surface area (Å²) in [5, 5.41) is 3.60. The van der Waals surface area contributed by atoms with E-state index in [-0.39, 0.29) is 18.5 Å². The van der Waals surface area contributed by atoms with E-state index in [1.165, 1.54) is 13.1 Å². The van der Waals surface area contributed by atoms with E-state index >= 15 is 0 Å². The molecule has 7 heteroatoms. The molecule has 2 atom stereocenters. The largest absolute Gasteiger partial charge is 0.358 e. The zero-order chi connectivity index (χ0) is 15.5. The van der Waals surface area contributed by atoms with Crippen LogP contribution in [0.5, 0.6) is 0 Å². The Bertz CT molecular complexity index is 628. The third kappa shape index (κ3) is 3.69. The van der Waals surface area contributed by atoms with E-state index in [1.807, 2.05) is 18.2 Å². The molecule has 1 heterocycles. The van der Waals surface area contributed by atoms with Gasteiger partial charge in [-0.3, -0.25) is 4.79 Å². The van der Waals surface area contributed by atoms with Gasteiger partial charge in [-0.05, 0) is 18.1 Å². The molecular formula is C14H19N3O3S. The number of hydrogen-bond acceptors (Lipinski definition) is 4. The second-order valence-corrected chi connectivity index (χ2v) is 6.73. The molecule has 1 saturated heterocycles. The average Bonchev–Trinajstić information content (AvgIpc) is 2.88. The first-order chi connectivity index (χ1) is 9.94. The van der Waals surface area contributed by atoms with Crippen LogP contribution in [0.3, 0.4) is 0 Å². The second-order valence-electron chi connectivity index (χ2n) is 4.95. The van der Waals surface area contributed by atoms with Crippen LogP contribution in [0.15, 0.2) is 35.7 Å². The maximum Gasteiger partial charge on any atom is 0.238 e. The van der Waals surface area contributed by atoms with Gasteiger partial charge in [0.05, 0.1) is 0 Å². The van der Waals surface area contributed by atoms with E-state index in [0.717, 1.165) is 15.3 Å². The van der Waals surface area contributed by atoms with Crippen molar-refractivity contribution in [2.24, 2.45) is 5.73 Å². The Hall–Kier alpha value is -1.70. The molecule has 0 unspecified atom stereocenters. The molecule has 0 aromatic heterocycles. The lowest BCUT2D eigenvalue weighted by Gasteiger charge is -2.20. The van der Waals surface area contributed by atoms with Crippen molar-refractivity contribution in [1.29, 1.82) is 0 Å². The molecule has 1 aliphatic rings. The van der Waals surface area contributed by atoms with Crippen LogP contribution in [0, 0.1) is 0 Å². The summed E-state index contributed by atoms with van der Waals surface area (Å²) in [5.41, 5.74) is 6.58. The summed E-state index contributed by atoms with van der Waals surface area (Å²) in [6.07, 6.45) is 1.85. The zero-order valence-electron chi connectivity index (χ0n) is 11.8. The lowest BCUT2D eigenvalue weighted by atomic mass is 10.2. The van der Waals surface area contributed by atoms with E-state index in [4.69, 9.17) is 5.73 Å². The molecule has 1 aliphatic heterocycles. The lowest BCUT2D eigenvalue weighted by molar-refractivity contribution is -0.123. The fraction of sp³-hybridized carbons (Fsp3) is 0.357. The predicted octanol–water partition coefficient (Wildman–Crippen LogP) is 0.135. The number of hydrogen-bond donors (Lipinski definition) is 2. The highest BCUT2D eigenvalue weighted by Crippen LogP contribution is 2.22. The number of rotatable bonds is 4. The molecule has 6 nitrogen and oxygen atoms in total. The number of likely N-dealkylation sites (N-methyl/N-ethyl adjacent to an activating group) is 1. The normalized spacial score (nSPS) is 23.5. The molecule has 0 spiro atoms. The summed E-state index contributed by atoms with van der Waals surface area (Å²) in [7, 11) is -2.20. The van der Waals surface area contributed by atoms with Gasteiger partial charge in [0.25, 0.3) is 0 Å². The van der Waals surface area contributed by atoms with Crippen molar-refractivity contribution >= 4 is 22.0 Å². The standard InChI is InChI=1S/C14H19N3O3S/c1-16-14(18)13-9-12(15)10-17(13)21(19,20)8-7-11-5-3-2-4-6-11/h2-8,12-13H,9-10,15H2,1H3,(H,16,18)/t12-,13+/m1/s1. The van der Waals surface area contributed by atoms with Crippen molar-refractivity contribution in [3.8, 4) is 0 Å². The molecule has 0 aliphatic carbocycles. The Morgan fingerprint density at radius 3 is 2.67 bits per heavy atom. The van der Waals surface area contributed by atoms with Crippen molar-refractivity contribution < 1.29 is 13.2 Å². The molecule has 1 aromatic rings. The van der Waals surface area contributed by atoms with Gasteiger partial charge < -0.3 is 11.1 Å².